The van der Waals surface area contributed by atoms with Gasteiger partial charge in [0.25, 0.3) is 0 Å². The molecule has 0 saturated carbocycles. The van der Waals surface area contributed by atoms with Crippen LogP contribution in [0.1, 0.15) is 19.4 Å². The van der Waals surface area contributed by atoms with Crippen molar-refractivity contribution in [2.75, 3.05) is 32.7 Å². The first-order chi connectivity index (χ1) is 8.74. The minimum Gasteiger partial charge on any atom is -0.491 e. The van der Waals surface area contributed by atoms with Crippen LogP contribution in [0.3, 0.4) is 0 Å². The molecular weight excluding hydrogens is 224 g/mol. The summed E-state index contributed by atoms with van der Waals surface area (Å²) in [6.45, 7) is 9.87. The van der Waals surface area contributed by atoms with E-state index < -0.39 is 0 Å². The van der Waals surface area contributed by atoms with Gasteiger partial charge in [0.05, 0.1) is 6.10 Å². The fourth-order valence-electron chi connectivity index (χ4n) is 2.23. The van der Waals surface area contributed by atoms with Gasteiger partial charge in [0.1, 0.15) is 5.75 Å². The van der Waals surface area contributed by atoms with Crippen LogP contribution < -0.4 is 10.1 Å². The fourth-order valence-corrected chi connectivity index (χ4v) is 2.23. The molecule has 0 spiro atoms. The zero-order valence-corrected chi connectivity index (χ0v) is 11.5. The average molecular weight is 248 g/mol. The first-order valence-corrected chi connectivity index (χ1v) is 6.93. The van der Waals surface area contributed by atoms with Crippen molar-refractivity contribution in [1.82, 2.24) is 10.2 Å². The fraction of sp³-hybridized carbons (Fsp3) is 0.600. The molecular formula is C15H24N2O. The molecule has 1 aromatic carbocycles. The van der Waals surface area contributed by atoms with Gasteiger partial charge in [-0.15, -0.1) is 0 Å². The normalized spacial score (nSPS) is 17.1. The van der Waals surface area contributed by atoms with Gasteiger partial charge in [-0.05, 0) is 38.0 Å². The van der Waals surface area contributed by atoms with E-state index in [-0.39, 0.29) is 6.10 Å². The van der Waals surface area contributed by atoms with E-state index >= 15 is 0 Å². The highest BCUT2D eigenvalue weighted by Crippen LogP contribution is 2.14. The molecule has 0 bridgehead atoms. The number of hydrogen-bond donors (Lipinski definition) is 1. The predicted molar refractivity (Wildman–Crippen MR) is 75.2 cm³/mol. The van der Waals surface area contributed by atoms with Crippen molar-refractivity contribution in [2.24, 2.45) is 0 Å². The van der Waals surface area contributed by atoms with E-state index in [4.69, 9.17) is 4.74 Å². The summed E-state index contributed by atoms with van der Waals surface area (Å²) < 4.78 is 5.64. The molecule has 0 aromatic heterocycles. The molecule has 0 radical (unpaired) electrons. The number of rotatable bonds is 5. The quantitative estimate of drug-likeness (QED) is 0.861. The van der Waals surface area contributed by atoms with Crippen LogP contribution >= 0.6 is 0 Å². The molecule has 0 unspecified atom stereocenters. The maximum atomic E-state index is 5.64. The van der Waals surface area contributed by atoms with Gasteiger partial charge in [-0.2, -0.15) is 0 Å². The lowest BCUT2D eigenvalue weighted by Gasteiger charge is -2.27. The van der Waals surface area contributed by atoms with Crippen LogP contribution in [-0.4, -0.2) is 43.7 Å². The van der Waals surface area contributed by atoms with Crippen molar-refractivity contribution >= 4 is 0 Å². The summed E-state index contributed by atoms with van der Waals surface area (Å²) in [7, 11) is 0. The van der Waals surface area contributed by atoms with E-state index in [9.17, 15) is 0 Å². The lowest BCUT2D eigenvalue weighted by molar-refractivity contribution is 0.241. The second-order valence-electron chi connectivity index (χ2n) is 5.15. The molecule has 0 amide bonds. The Hall–Kier alpha value is -1.06. The first-order valence-electron chi connectivity index (χ1n) is 6.93. The van der Waals surface area contributed by atoms with E-state index in [1.807, 2.05) is 0 Å². The van der Waals surface area contributed by atoms with Crippen LogP contribution in [0.4, 0.5) is 0 Å². The Morgan fingerprint density at radius 2 is 1.83 bits per heavy atom. The highest BCUT2D eigenvalue weighted by Gasteiger charge is 2.08. The minimum atomic E-state index is 0.247. The van der Waals surface area contributed by atoms with Crippen molar-refractivity contribution in [3.8, 4) is 5.75 Å². The van der Waals surface area contributed by atoms with Crippen LogP contribution in [-0.2, 0) is 6.42 Å². The van der Waals surface area contributed by atoms with E-state index in [1.54, 1.807) is 0 Å². The number of nitrogens with zero attached hydrogens (tertiary/aromatic N) is 1. The van der Waals surface area contributed by atoms with E-state index in [0.29, 0.717) is 0 Å². The Morgan fingerprint density at radius 3 is 2.44 bits per heavy atom. The largest absolute Gasteiger partial charge is 0.491 e. The number of hydrogen-bond acceptors (Lipinski definition) is 3. The molecule has 1 aliphatic heterocycles. The van der Waals surface area contributed by atoms with Crippen LogP contribution in [0.15, 0.2) is 24.3 Å². The van der Waals surface area contributed by atoms with Gasteiger partial charge in [-0.3, -0.25) is 0 Å². The molecule has 1 aliphatic rings. The van der Waals surface area contributed by atoms with Crippen molar-refractivity contribution < 1.29 is 4.74 Å². The SMILES string of the molecule is CC(C)Oc1ccc(CCN2CCNCC2)cc1. The van der Waals surface area contributed by atoms with E-state index in [1.165, 1.54) is 18.7 Å². The highest BCUT2D eigenvalue weighted by molar-refractivity contribution is 5.27. The molecule has 1 aromatic rings. The Morgan fingerprint density at radius 1 is 1.17 bits per heavy atom. The summed E-state index contributed by atoms with van der Waals surface area (Å²) in [5.74, 6) is 0.968. The Bertz CT molecular complexity index is 342. The second kappa shape index (κ2) is 6.76. The monoisotopic (exact) mass is 248 g/mol. The molecule has 1 saturated heterocycles. The third-order valence-corrected chi connectivity index (χ3v) is 3.22. The van der Waals surface area contributed by atoms with Gasteiger partial charge in [-0.1, -0.05) is 12.1 Å². The van der Waals surface area contributed by atoms with Gasteiger partial charge < -0.3 is 15.0 Å². The molecule has 1 heterocycles. The second-order valence-corrected chi connectivity index (χ2v) is 5.15. The Kier molecular flexibility index (Phi) is 5.02. The lowest BCUT2D eigenvalue weighted by atomic mass is 10.1. The number of benzene rings is 1. The summed E-state index contributed by atoms with van der Waals surface area (Å²) in [5.41, 5.74) is 1.39. The smallest absolute Gasteiger partial charge is 0.119 e. The standard InChI is InChI=1S/C15H24N2O/c1-13(2)18-15-5-3-14(4-6-15)7-10-17-11-8-16-9-12-17/h3-6,13,16H,7-12H2,1-2H3. The van der Waals surface area contributed by atoms with Crippen molar-refractivity contribution in [3.05, 3.63) is 29.8 Å². The molecule has 0 atom stereocenters. The summed E-state index contributed by atoms with van der Waals surface area (Å²) in [6.07, 6.45) is 1.37. The molecule has 3 nitrogen and oxygen atoms in total. The third-order valence-electron chi connectivity index (χ3n) is 3.22. The van der Waals surface area contributed by atoms with Crippen LogP contribution in [0.2, 0.25) is 0 Å². The molecule has 100 valence electrons. The molecule has 1 fully saturated rings. The Labute approximate surface area is 110 Å². The van der Waals surface area contributed by atoms with E-state index in [0.717, 1.165) is 31.8 Å². The van der Waals surface area contributed by atoms with Gasteiger partial charge in [0, 0.05) is 32.7 Å². The summed E-state index contributed by atoms with van der Waals surface area (Å²) in [5, 5.41) is 3.38. The van der Waals surface area contributed by atoms with Crippen molar-refractivity contribution in [2.45, 2.75) is 26.4 Å². The van der Waals surface area contributed by atoms with E-state index in [2.05, 4.69) is 48.3 Å². The number of nitrogens with one attached hydrogen (secondary N) is 1. The summed E-state index contributed by atoms with van der Waals surface area (Å²) in [6, 6.07) is 8.51. The maximum Gasteiger partial charge on any atom is 0.119 e. The minimum absolute atomic E-state index is 0.247. The third kappa shape index (κ3) is 4.31. The zero-order valence-electron chi connectivity index (χ0n) is 11.5. The van der Waals surface area contributed by atoms with Crippen LogP contribution in [0.5, 0.6) is 5.75 Å². The molecule has 1 N–H and O–H groups in total. The van der Waals surface area contributed by atoms with Crippen LogP contribution in [0.25, 0.3) is 0 Å². The zero-order chi connectivity index (χ0) is 12.8. The topological polar surface area (TPSA) is 24.5 Å². The average Bonchev–Trinajstić information content (AvgIpc) is 2.38. The van der Waals surface area contributed by atoms with Crippen molar-refractivity contribution in [3.63, 3.8) is 0 Å². The van der Waals surface area contributed by atoms with Gasteiger partial charge in [0.2, 0.25) is 0 Å². The number of piperazine rings is 1. The summed E-state index contributed by atoms with van der Waals surface area (Å²) in [4.78, 5) is 2.52. The summed E-state index contributed by atoms with van der Waals surface area (Å²) >= 11 is 0. The Balaban J connectivity index is 1.78. The predicted octanol–water partition coefficient (Wildman–Crippen LogP) is 1.92. The maximum absolute atomic E-state index is 5.64. The first kappa shape index (κ1) is 13.4. The molecule has 2 rings (SSSR count). The van der Waals surface area contributed by atoms with Crippen molar-refractivity contribution in [1.29, 1.82) is 0 Å². The molecule has 3 heteroatoms. The lowest BCUT2D eigenvalue weighted by Crippen LogP contribution is -2.44. The van der Waals surface area contributed by atoms with Crippen LogP contribution in [0, 0.1) is 0 Å². The molecule has 18 heavy (non-hydrogen) atoms. The number of ether oxygens (including phenoxy) is 1. The van der Waals surface area contributed by atoms with Gasteiger partial charge in [-0.25, -0.2) is 0 Å². The van der Waals surface area contributed by atoms with Gasteiger partial charge in [0.15, 0.2) is 0 Å². The highest BCUT2D eigenvalue weighted by atomic mass is 16.5. The molecule has 0 aliphatic carbocycles. The van der Waals surface area contributed by atoms with Gasteiger partial charge >= 0.3 is 0 Å².